The Labute approximate surface area is 99.3 Å². The highest BCUT2D eigenvalue weighted by Crippen LogP contribution is 2.21. The highest BCUT2D eigenvalue weighted by atomic mass is 79.9. The van der Waals surface area contributed by atoms with Gasteiger partial charge in [-0.2, -0.15) is 0 Å². The minimum Gasteiger partial charge on any atom is -0.299 e. The van der Waals surface area contributed by atoms with E-state index in [0.717, 1.165) is 6.54 Å². The van der Waals surface area contributed by atoms with Crippen LogP contribution in [0.5, 0.6) is 0 Å². The standard InChI is InChI=1S/C11H18BrNS/c1-4-5-9(2)13(3)7-11-6-10(12)8-14-11/h6,8-9H,4-5,7H2,1-3H3. The smallest absolute Gasteiger partial charge is 0.0328 e. The molecule has 80 valence electrons. The summed E-state index contributed by atoms with van der Waals surface area (Å²) >= 11 is 5.31. The van der Waals surface area contributed by atoms with Crippen LogP contribution in [-0.2, 0) is 6.54 Å². The summed E-state index contributed by atoms with van der Waals surface area (Å²) < 4.78 is 1.20. The van der Waals surface area contributed by atoms with Crippen LogP contribution < -0.4 is 0 Å². The number of halogens is 1. The van der Waals surface area contributed by atoms with E-state index in [-0.39, 0.29) is 0 Å². The van der Waals surface area contributed by atoms with Crippen molar-refractivity contribution in [2.75, 3.05) is 7.05 Å². The minimum absolute atomic E-state index is 0.681. The Kier molecular flexibility index (Phi) is 5.13. The van der Waals surface area contributed by atoms with Gasteiger partial charge in [0, 0.05) is 27.3 Å². The third kappa shape index (κ3) is 3.71. The first-order valence-electron chi connectivity index (χ1n) is 5.06. The predicted octanol–water partition coefficient (Wildman–Crippen LogP) is 4.13. The van der Waals surface area contributed by atoms with Gasteiger partial charge in [0.25, 0.3) is 0 Å². The van der Waals surface area contributed by atoms with E-state index in [1.807, 2.05) is 11.3 Å². The first-order chi connectivity index (χ1) is 6.63. The topological polar surface area (TPSA) is 3.24 Å². The molecule has 0 aliphatic rings. The lowest BCUT2D eigenvalue weighted by molar-refractivity contribution is 0.239. The van der Waals surface area contributed by atoms with E-state index in [0.29, 0.717) is 6.04 Å². The molecule has 0 aliphatic heterocycles. The van der Waals surface area contributed by atoms with Crippen molar-refractivity contribution in [2.24, 2.45) is 0 Å². The Hall–Kier alpha value is 0.140. The molecule has 0 N–H and O–H groups in total. The van der Waals surface area contributed by atoms with E-state index in [4.69, 9.17) is 0 Å². The Morgan fingerprint density at radius 1 is 1.57 bits per heavy atom. The van der Waals surface area contributed by atoms with Crippen molar-refractivity contribution in [3.63, 3.8) is 0 Å². The van der Waals surface area contributed by atoms with Gasteiger partial charge < -0.3 is 0 Å². The monoisotopic (exact) mass is 275 g/mol. The molecule has 1 heterocycles. The number of hydrogen-bond acceptors (Lipinski definition) is 2. The molecular weight excluding hydrogens is 258 g/mol. The van der Waals surface area contributed by atoms with E-state index in [2.05, 4.69) is 53.2 Å². The zero-order valence-corrected chi connectivity index (χ0v) is 11.5. The van der Waals surface area contributed by atoms with Gasteiger partial charge in [0.05, 0.1) is 0 Å². The van der Waals surface area contributed by atoms with Crippen LogP contribution in [0, 0.1) is 0 Å². The van der Waals surface area contributed by atoms with Crippen LogP contribution in [0.2, 0.25) is 0 Å². The van der Waals surface area contributed by atoms with Crippen molar-refractivity contribution in [3.05, 3.63) is 20.8 Å². The average Bonchev–Trinajstić information content (AvgIpc) is 2.51. The van der Waals surface area contributed by atoms with Gasteiger partial charge in [-0.05, 0) is 42.4 Å². The third-order valence-corrected chi connectivity index (χ3v) is 4.17. The van der Waals surface area contributed by atoms with Crippen LogP contribution in [0.3, 0.4) is 0 Å². The number of hydrogen-bond donors (Lipinski definition) is 0. The van der Waals surface area contributed by atoms with E-state index >= 15 is 0 Å². The lowest BCUT2D eigenvalue weighted by Crippen LogP contribution is -2.27. The molecule has 0 aromatic carbocycles. The average molecular weight is 276 g/mol. The second-order valence-electron chi connectivity index (χ2n) is 3.78. The van der Waals surface area contributed by atoms with Crippen molar-refractivity contribution < 1.29 is 0 Å². The van der Waals surface area contributed by atoms with Crippen LogP contribution in [0.4, 0.5) is 0 Å². The van der Waals surface area contributed by atoms with Crippen molar-refractivity contribution in [2.45, 2.75) is 39.3 Å². The maximum atomic E-state index is 3.48. The molecule has 1 aromatic heterocycles. The van der Waals surface area contributed by atoms with Crippen molar-refractivity contribution in [1.82, 2.24) is 4.90 Å². The Balaban J connectivity index is 2.43. The fourth-order valence-electron chi connectivity index (χ4n) is 1.48. The minimum atomic E-state index is 0.681. The molecule has 1 unspecified atom stereocenters. The predicted molar refractivity (Wildman–Crippen MR) is 67.9 cm³/mol. The summed E-state index contributed by atoms with van der Waals surface area (Å²) in [6.45, 7) is 5.61. The SMILES string of the molecule is CCCC(C)N(C)Cc1cc(Br)cs1. The molecule has 0 radical (unpaired) electrons. The highest BCUT2D eigenvalue weighted by molar-refractivity contribution is 9.10. The Morgan fingerprint density at radius 3 is 2.79 bits per heavy atom. The maximum Gasteiger partial charge on any atom is 0.0328 e. The number of thiophene rings is 1. The Bertz CT molecular complexity index is 272. The first kappa shape index (κ1) is 12.2. The molecule has 1 nitrogen and oxygen atoms in total. The molecule has 0 spiro atoms. The molecule has 1 atom stereocenters. The van der Waals surface area contributed by atoms with Crippen LogP contribution in [0.1, 0.15) is 31.6 Å². The summed E-state index contributed by atoms with van der Waals surface area (Å²) in [7, 11) is 2.20. The molecule has 1 rings (SSSR count). The fourth-order valence-corrected chi connectivity index (χ4v) is 2.99. The van der Waals surface area contributed by atoms with Gasteiger partial charge in [0.15, 0.2) is 0 Å². The van der Waals surface area contributed by atoms with Gasteiger partial charge >= 0.3 is 0 Å². The van der Waals surface area contributed by atoms with Crippen LogP contribution in [0.15, 0.2) is 15.9 Å². The zero-order valence-electron chi connectivity index (χ0n) is 9.09. The van der Waals surface area contributed by atoms with E-state index in [1.165, 1.54) is 22.2 Å². The number of rotatable bonds is 5. The summed E-state index contributed by atoms with van der Waals surface area (Å²) in [5, 5.41) is 2.15. The molecule has 1 aromatic rings. The fraction of sp³-hybridized carbons (Fsp3) is 0.636. The van der Waals surface area contributed by atoms with Gasteiger partial charge in [-0.3, -0.25) is 4.90 Å². The lowest BCUT2D eigenvalue weighted by atomic mass is 10.2. The maximum absolute atomic E-state index is 3.48. The Morgan fingerprint density at radius 2 is 2.29 bits per heavy atom. The van der Waals surface area contributed by atoms with E-state index < -0.39 is 0 Å². The molecule has 0 saturated carbocycles. The van der Waals surface area contributed by atoms with Gasteiger partial charge in [0.1, 0.15) is 0 Å². The first-order valence-corrected chi connectivity index (χ1v) is 6.74. The lowest BCUT2D eigenvalue weighted by Gasteiger charge is -2.23. The summed E-state index contributed by atoms with van der Waals surface area (Å²) in [6, 6.07) is 2.89. The molecule has 0 saturated heterocycles. The van der Waals surface area contributed by atoms with Crippen LogP contribution >= 0.6 is 27.3 Å². The summed E-state index contributed by atoms with van der Waals surface area (Å²) in [5.74, 6) is 0. The molecule has 0 amide bonds. The van der Waals surface area contributed by atoms with Crippen molar-refractivity contribution in [3.8, 4) is 0 Å². The molecular formula is C11H18BrNS. The van der Waals surface area contributed by atoms with Gasteiger partial charge in [-0.1, -0.05) is 13.3 Å². The van der Waals surface area contributed by atoms with Crippen molar-refractivity contribution >= 4 is 27.3 Å². The zero-order chi connectivity index (χ0) is 10.6. The van der Waals surface area contributed by atoms with Crippen LogP contribution in [-0.4, -0.2) is 18.0 Å². The van der Waals surface area contributed by atoms with E-state index in [1.54, 1.807) is 0 Å². The quantitative estimate of drug-likeness (QED) is 0.781. The molecule has 14 heavy (non-hydrogen) atoms. The van der Waals surface area contributed by atoms with Gasteiger partial charge in [-0.15, -0.1) is 11.3 Å². The molecule has 0 bridgehead atoms. The summed E-state index contributed by atoms with van der Waals surface area (Å²) in [4.78, 5) is 3.85. The number of nitrogens with zero attached hydrogens (tertiary/aromatic N) is 1. The van der Waals surface area contributed by atoms with Crippen molar-refractivity contribution in [1.29, 1.82) is 0 Å². The van der Waals surface area contributed by atoms with E-state index in [9.17, 15) is 0 Å². The van der Waals surface area contributed by atoms with Crippen LogP contribution in [0.25, 0.3) is 0 Å². The molecule has 0 aliphatic carbocycles. The second kappa shape index (κ2) is 5.89. The third-order valence-electron chi connectivity index (χ3n) is 2.49. The summed E-state index contributed by atoms with van der Waals surface area (Å²) in [5.41, 5.74) is 0. The normalized spacial score (nSPS) is 13.5. The summed E-state index contributed by atoms with van der Waals surface area (Å²) in [6.07, 6.45) is 2.54. The van der Waals surface area contributed by atoms with Gasteiger partial charge in [-0.25, -0.2) is 0 Å². The van der Waals surface area contributed by atoms with Gasteiger partial charge in [0.2, 0.25) is 0 Å². The largest absolute Gasteiger partial charge is 0.299 e. The second-order valence-corrected chi connectivity index (χ2v) is 5.70. The molecule has 3 heteroatoms. The highest BCUT2D eigenvalue weighted by Gasteiger charge is 2.09. The molecule has 0 fully saturated rings.